The smallest absolute Gasteiger partial charge is 0.253 e. The third kappa shape index (κ3) is 3.53. The third-order valence-corrected chi connectivity index (χ3v) is 3.36. The van der Waals surface area contributed by atoms with E-state index in [4.69, 9.17) is 5.73 Å². The van der Waals surface area contributed by atoms with Gasteiger partial charge in [0.25, 0.3) is 5.91 Å². The van der Waals surface area contributed by atoms with E-state index in [9.17, 15) is 4.79 Å². The molecule has 0 spiro atoms. The van der Waals surface area contributed by atoms with Crippen molar-refractivity contribution >= 4 is 5.91 Å². The van der Waals surface area contributed by atoms with Crippen molar-refractivity contribution < 1.29 is 4.79 Å². The summed E-state index contributed by atoms with van der Waals surface area (Å²) in [4.78, 5) is 16.5. The van der Waals surface area contributed by atoms with Crippen molar-refractivity contribution in [2.75, 3.05) is 6.54 Å². The third-order valence-electron chi connectivity index (χ3n) is 3.36. The number of hydrogen-bond donors (Lipinski definition) is 2. The molecule has 1 atom stereocenters. The highest BCUT2D eigenvalue weighted by Crippen LogP contribution is 2.15. The summed E-state index contributed by atoms with van der Waals surface area (Å²) in [5, 5.41) is 3.06. The van der Waals surface area contributed by atoms with Crippen molar-refractivity contribution in [1.29, 1.82) is 0 Å². The Bertz CT molecular complexity index is 431. The normalized spacial score (nSPS) is 14.1. The second-order valence-corrected chi connectivity index (χ2v) is 4.99. The number of hydrogen-bond acceptors (Lipinski definition) is 3. The highest BCUT2D eigenvalue weighted by atomic mass is 16.1. The average Bonchev–Trinajstić information content (AvgIpc) is 2.28. The van der Waals surface area contributed by atoms with E-state index in [2.05, 4.69) is 17.2 Å². The van der Waals surface area contributed by atoms with Gasteiger partial charge in [-0.05, 0) is 52.3 Å². The zero-order valence-corrected chi connectivity index (χ0v) is 11.7. The van der Waals surface area contributed by atoms with Crippen molar-refractivity contribution in [3.63, 3.8) is 0 Å². The van der Waals surface area contributed by atoms with Crippen LogP contribution in [0.3, 0.4) is 0 Å². The maximum absolute atomic E-state index is 12.2. The molecule has 0 aliphatic carbocycles. The van der Waals surface area contributed by atoms with Crippen LogP contribution in [-0.2, 0) is 0 Å². The molecule has 4 nitrogen and oxygen atoms in total. The summed E-state index contributed by atoms with van der Waals surface area (Å²) in [6.07, 6.45) is 1.63. The highest BCUT2D eigenvalue weighted by Gasteiger charge is 2.24. The number of aryl methyl sites for hydroxylation is 2. The van der Waals surface area contributed by atoms with Gasteiger partial charge in [-0.2, -0.15) is 0 Å². The lowest BCUT2D eigenvalue weighted by atomic mass is 9.94. The van der Waals surface area contributed by atoms with E-state index < -0.39 is 0 Å². The molecule has 1 amide bonds. The highest BCUT2D eigenvalue weighted by molar-refractivity contribution is 5.95. The molecule has 0 radical (unpaired) electrons. The largest absolute Gasteiger partial charge is 0.347 e. The second kappa shape index (κ2) is 5.96. The molecule has 0 aromatic carbocycles. The Kier molecular flexibility index (Phi) is 4.84. The number of carbonyl (C=O) groups is 1. The fourth-order valence-corrected chi connectivity index (χ4v) is 1.91. The first kappa shape index (κ1) is 14.6. The van der Waals surface area contributed by atoms with Crippen LogP contribution in [0.1, 0.15) is 48.4 Å². The lowest BCUT2D eigenvalue weighted by Gasteiger charge is -2.29. The van der Waals surface area contributed by atoms with Crippen LogP contribution >= 0.6 is 0 Å². The molecule has 3 N–H and O–H groups in total. The fourth-order valence-electron chi connectivity index (χ4n) is 1.91. The van der Waals surface area contributed by atoms with Gasteiger partial charge in [0.05, 0.1) is 11.3 Å². The maximum atomic E-state index is 12.2. The molecule has 18 heavy (non-hydrogen) atoms. The molecule has 0 saturated heterocycles. The monoisotopic (exact) mass is 249 g/mol. The Labute approximate surface area is 109 Å². The standard InChI is InChI=1S/C14H23N3O/c1-5-14(4,8-9-15)17-13(18)12-7-6-10(2)16-11(12)3/h6-7H,5,8-9,15H2,1-4H3,(H,17,18). The second-order valence-electron chi connectivity index (χ2n) is 4.99. The minimum Gasteiger partial charge on any atom is -0.347 e. The molecule has 1 rings (SSSR count). The zero-order chi connectivity index (χ0) is 13.8. The summed E-state index contributed by atoms with van der Waals surface area (Å²) < 4.78 is 0. The van der Waals surface area contributed by atoms with Crippen molar-refractivity contribution in [3.05, 3.63) is 29.1 Å². The van der Waals surface area contributed by atoms with Crippen molar-refractivity contribution in [3.8, 4) is 0 Å². The van der Waals surface area contributed by atoms with E-state index >= 15 is 0 Å². The van der Waals surface area contributed by atoms with Crippen LogP contribution in [0.25, 0.3) is 0 Å². The van der Waals surface area contributed by atoms with Crippen LogP contribution in [0.15, 0.2) is 12.1 Å². The average molecular weight is 249 g/mol. The molecule has 4 heteroatoms. The lowest BCUT2D eigenvalue weighted by molar-refractivity contribution is 0.0899. The van der Waals surface area contributed by atoms with E-state index in [1.54, 1.807) is 0 Å². The van der Waals surface area contributed by atoms with Crippen LogP contribution in [0.2, 0.25) is 0 Å². The predicted molar refractivity (Wildman–Crippen MR) is 73.5 cm³/mol. The van der Waals surface area contributed by atoms with Crippen LogP contribution in [0, 0.1) is 13.8 Å². The van der Waals surface area contributed by atoms with Gasteiger partial charge in [0.2, 0.25) is 0 Å². The van der Waals surface area contributed by atoms with E-state index in [1.807, 2.05) is 32.9 Å². The predicted octanol–water partition coefficient (Wildman–Crippen LogP) is 1.95. The Morgan fingerprint density at radius 2 is 2.11 bits per heavy atom. The van der Waals surface area contributed by atoms with Gasteiger partial charge in [0.1, 0.15) is 0 Å². The number of rotatable bonds is 5. The van der Waals surface area contributed by atoms with Crippen LogP contribution < -0.4 is 11.1 Å². The van der Waals surface area contributed by atoms with E-state index in [0.717, 1.165) is 24.2 Å². The Morgan fingerprint density at radius 1 is 1.44 bits per heavy atom. The summed E-state index contributed by atoms with van der Waals surface area (Å²) in [7, 11) is 0. The number of amides is 1. The molecular weight excluding hydrogens is 226 g/mol. The molecule has 1 aromatic heterocycles. The van der Waals surface area contributed by atoms with Crippen molar-refractivity contribution in [2.45, 2.75) is 46.1 Å². The fraction of sp³-hybridized carbons (Fsp3) is 0.571. The maximum Gasteiger partial charge on any atom is 0.253 e. The molecule has 0 aliphatic heterocycles. The van der Waals surface area contributed by atoms with Crippen LogP contribution in [0.4, 0.5) is 0 Å². The molecule has 1 heterocycles. The van der Waals surface area contributed by atoms with Gasteiger partial charge >= 0.3 is 0 Å². The Morgan fingerprint density at radius 3 is 2.61 bits per heavy atom. The quantitative estimate of drug-likeness (QED) is 0.838. The summed E-state index contributed by atoms with van der Waals surface area (Å²) >= 11 is 0. The first-order valence-corrected chi connectivity index (χ1v) is 6.38. The SMILES string of the molecule is CCC(C)(CCN)NC(=O)c1ccc(C)nc1C. The van der Waals surface area contributed by atoms with Gasteiger partial charge in [0, 0.05) is 11.2 Å². The topological polar surface area (TPSA) is 68.0 Å². The first-order chi connectivity index (χ1) is 8.41. The molecule has 0 bridgehead atoms. The minimum absolute atomic E-state index is 0.0715. The molecule has 1 unspecified atom stereocenters. The van der Waals surface area contributed by atoms with Gasteiger partial charge in [-0.3, -0.25) is 9.78 Å². The number of aromatic nitrogens is 1. The van der Waals surface area contributed by atoms with Gasteiger partial charge in [-0.1, -0.05) is 6.92 Å². The van der Waals surface area contributed by atoms with E-state index in [1.165, 1.54) is 0 Å². The molecule has 0 saturated carbocycles. The number of nitrogens with zero attached hydrogens (tertiary/aromatic N) is 1. The van der Waals surface area contributed by atoms with Gasteiger partial charge in [-0.15, -0.1) is 0 Å². The molecule has 0 aliphatic rings. The number of nitrogens with one attached hydrogen (secondary N) is 1. The molecule has 0 fully saturated rings. The summed E-state index contributed by atoms with van der Waals surface area (Å²) in [6.45, 7) is 8.41. The minimum atomic E-state index is -0.247. The number of carbonyl (C=O) groups excluding carboxylic acids is 1. The van der Waals surface area contributed by atoms with E-state index in [0.29, 0.717) is 12.1 Å². The Balaban J connectivity index is 2.87. The molecular formula is C14H23N3O. The van der Waals surface area contributed by atoms with E-state index in [-0.39, 0.29) is 11.4 Å². The number of nitrogens with two attached hydrogens (primary N) is 1. The van der Waals surface area contributed by atoms with Gasteiger partial charge in [-0.25, -0.2) is 0 Å². The molecule has 100 valence electrons. The van der Waals surface area contributed by atoms with Crippen LogP contribution in [0.5, 0.6) is 0 Å². The summed E-state index contributed by atoms with van der Waals surface area (Å²) in [6, 6.07) is 3.68. The zero-order valence-electron chi connectivity index (χ0n) is 11.7. The number of pyridine rings is 1. The Hall–Kier alpha value is -1.42. The van der Waals surface area contributed by atoms with Crippen molar-refractivity contribution in [1.82, 2.24) is 10.3 Å². The van der Waals surface area contributed by atoms with Gasteiger partial charge in [0.15, 0.2) is 0 Å². The summed E-state index contributed by atoms with van der Waals surface area (Å²) in [5.41, 5.74) is 7.66. The lowest BCUT2D eigenvalue weighted by Crippen LogP contribution is -2.47. The van der Waals surface area contributed by atoms with Crippen LogP contribution in [-0.4, -0.2) is 23.0 Å². The van der Waals surface area contributed by atoms with Crippen molar-refractivity contribution in [2.24, 2.45) is 5.73 Å². The summed E-state index contributed by atoms with van der Waals surface area (Å²) in [5.74, 6) is -0.0715. The first-order valence-electron chi connectivity index (χ1n) is 6.38. The van der Waals surface area contributed by atoms with Gasteiger partial charge < -0.3 is 11.1 Å². The molecule has 1 aromatic rings.